The summed E-state index contributed by atoms with van der Waals surface area (Å²) >= 11 is 0. The average Bonchev–Trinajstić information content (AvgIpc) is 2.55. The minimum atomic E-state index is 0.433. The smallest absolute Gasteiger partial charge is 0.129 e. The Morgan fingerprint density at radius 2 is 1.88 bits per heavy atom. The van der Waals surface area contributed by atoms with E-state index in [4.69, 9.17) is 0 Å². The van der Waals surface area contributed by atoms with Crippen LogP contribution in [-0.2, 0) is 0 Å². The lowest BCUT2D eigenvalue weighted by Gasteiger charge is -2.06. The van der Waals surface area contributed by atoms with Gasteiger partial charge in [-0.1, -0.05) is 27.7 Å². The van der Waals surface area contributed by atoms with Gasteiger partial charge in [0.05, 0.1) is 0 Å². The van der Waals surface area contributed by atoms with Crippen LogP contribution < -0.4 is 5.32 Å². The summed E-state index contributed by atoms with van der Waals surface area (Å²) in [6.07, 6.45) is 1.80. The van der Waals surface area contributed by atoms with Crippen molar-refractivity contribution in [2.24, 2.45) is 16.7 Å². The van der Waals surface area contributed by atoms with Crippen molar-refractivity contribution in [3.8, 4) is 0 Å². The van der Waals surface area contributed by atoms with Gasteiger partial charge in [0, 0.05) is 12.7 Å². The molecule has 0 amide bonds. The van der Waals surface area contributed by atoms with Crippen molar-refractivity contribution in [2.75, 3.05) is 11.9 Å². The lowest BCUT2D eigenvalue weighted by atomic mass is 10.0. The van der Waals surface area contributed by atoms with Crippen molar-refractivity contribution in [1.29, 1.82) is 0 Å². The highest BCUT2D eigenvalue weighted by molar-refractivity contribution is 5.34. The standard InChI is InChI=1S/C13H21N3/c1-9-14-7-6-11(16-9)15-8-10-12(2,3)13(10,4)5/h6-7,10H,8H2,1-5H3,(H,14,15,16). The first-order valence-electron chi connectivity index (χ1n) is 5.89. The van der Waals surface area contributed by atoms with Gasteiger partial charge in [-0.3, -0.25) is 0 Å². The van der Waals surface area contributed by atoms with Gasteiger partial charge in [0.15, 0.2) is 0 Å². The topological polar surface area (TPSA) is 37.8 Å². The van der Waals surface area contributed by atoms with E-state index in [1.165, 1.54) is 0 Å². The highest BCUT2D eigenvalue weighted by Crippen LogP contribution is 2.68. The van der Waals surface area contributed by atoms with Crippen molar-refractivity contribution in [3.05, 3.63) is 18.1 Å². The molecule has 1 fully saturated rings. The molecule has 0 bridgehead atoms. The molecule has 0 unspecified atom stereocenters. The van der Waals surface area contributed by atoms with E-state index in [0.717, 1.165) is 24.1 Å². The minimum Gasteiger partial charge on any atom is -0.370 e. The van der Waals surface area contributed by atoms with Gasteiger partial charge in [-0.15, -0.1) is 0 Å². The van der Waals surface area contributed by atoms with Crippen LogP contribution in [0.2, 0.25) is 0 Å². The zero-order valence-corrected chi connectivity index (χ0v) is 10.8. The molecule has 0 aliphatic heterocycles. The van der Waals surface area contributed by atoms with Crippen LogP contribution in [-0.4, -0.2) is 16.5 Å². The first kappa shape index (κ1) is 11.4. The van der Waals surface area contributed by atoms with E-state index < -0.39 is 0 Å². The third-order valence-electron chi connectivity index (χ3n) is 4.58. The molecule has 0 saturated heterocycles. The lowest BCUT2D eigenvalue weighted by molar-refractivity contribution is 0.457. The number of hydrogen-bond acceptors (Lipinski definition) is 3. The number of hydrogen-bond donors (Lipinski definition) is 1. The van der Waals surface area contributed by atoms with Crippen molar-refractivity contribution < 1.29 is 0 Å². The quantitative estimate of drug-likeness (QED) is 0.849. The van der Waals surface area contributed by atoms with Gasteiger partial charge in [-0.2, -0.15) is 0 Å². The molecule has 0 aromatic carbocycles. The molecule has 0 spiro atoms. The second-order valence-electron chi connectivity index (χ2n) is 5.87. The second kappa shape index (κ2) is 3.44. The fourth-order valence-electron chi connectivity index (χ4n) is 2.60. The normalized spacial score (nSPS) is 21.8. The Bertz CT molecular complexity index is 382. The van der Waals surface area contributed by atoms with E-state index in [9.17, 15) is 0 Å². The van der Waals surface area contributed by atoms with Gasteiger partial charge in [-0.25, -0.2) is 9.97 Å². The average molecular weight is 219 g/mol. The number of nitrogens with one attached hydrogen (secondary N) is 1. The first-order valence-corrected chi connectivity index (χ1v) is 5.89. The van der Waals surface area contributed by atoms with E-state index in [0.29, 0.717) is 10.8 Å². The zero-order chi connectivity index (χ0) is 12.0. The molecule has 16 heavy (non-hydrogen) atoms. The van der Waals surface area contributed by atoms with Crippen LogP contribution in [0.4, 0.5) is 5.82 Å². The Morgan fingerprint density at radius 3 is 2.38 bits per heavy atom. The van der Waals surface area contributed by atoms with E-state index in [1.54, 1.807) is 6.20 Å². The molecule has 1 N–H and O–H groups in total. The number of nitrogens with zero attached hydrogens (tertiary/aromatic N) is 2. The maximum absolute atomic E-state index is 4.35. The summed E-state index contributed by atoms with van der Waals surface area (Å²) in [5.41, 5.74) is 0.865. The highest BCUT2D eigenvalue weighted by atomic mass is 15.0. The van der Waals surface area contributed by atoms with Gasteiger partial charge < -0.3 is 5.32 Å². The van der Waals surface area contributed by atoms with Crippen LogP contribution in [0.15, 0.2) is 12.3 Å². The van der Waals surface area contributed by atoms with Crippen LogP contribution in [0.1, 0.15) is 33.5 Å². The fraction of sp³-hybridized carbons (Fsp3) is 0.692. The Balaban J connectivity index is 1.95. The van der Waals surface area contributed by atoms with Crippen molar-refractivity contribution in [3.63, 3.8) is 0 Å². The Morgan fingerprint density at radius 1 is 1.25 bits per heavy atom. The summed E-state index contributed by atoms with van der Waals surface area (Å²) in [5.74, 6) is 2.47. The molecule has 1 heterocycles. The van der Waals surface area contributed by atoms with Crippen LogP contribution in [0.25, 0.3) is 0 Å². The second-order valence-corrected chi connectivity index (χ2v) is 5.87. The van der Waals surface area contributed by atoms with Crippen LogP contribution >= 0.6 is 0 Å². The van der Waals surface area contributed by atoms with Crippen LogP contribution in [0, 0.1) is 23.7 Å². The molecule has 1 saturated carbocycles. The van der Waals surface area contributed by atoms with Crippen molar-refractivity contribution >= 4 is 5.82 Å². The molecule has 1 aliphatic rings. The molecule has 0 radical (unpaired) electrons. The summed E-state index contributed by atoms with van der Waals surface area (Å²) < 4.78 is 0. The first-order chi connectivity index (χ1) is 7.35. The molecule has 2 rings (SSSR count). The van der Waals surface area contributed by atoms with E-state index in [1.807, 2.05) is 13.0 Å². The monoisotopic (exact) mass is 219 g/mol. The van der Waals surface area contributed by atoms with Gasteiger partial charge >= 0.3 is 0 Å². The molecule has 3 nitrogen and oxygen atoms in total. The van der Waals surface area contributed by atoms with Crippen molar-refractivity contribution in [2.45, 2.75) is 34.6 Å². The van der Waals surface area contributed by atoms with Crippen LogP contribution in [0.3, 0.4) is 0 Å². The molecule has 3 heteroatoms. The molecule has 88 valence electrons. The molecule has 1 aromatic rings. The Kier molecular flexibility index (Phi) is 2.44. The SMILES string of the molecule is Cc1nccc(NCC2C(C)(C)C2(C)C)n1. The number of aryl methyl sites for hydroxylation is 1. The number of aromatic nitrogens is 2. The lowest BCUT2D eigenvalue weighted by Crippen LogP contribution is -2.09. The van der Waals surface area contributed by atoms with E-state index in [2.05, 4.69) is 43.0 Å². The summed E-state index contributed by atoms with van der Waals surface area (Å²) in [7, 11) is 0. The Labute approximate surface area is 97.7 Å². The third kappa shape index (κ3) is 1.68. The predicted octanol–water partition coefficient (Wildman–Crippen LogP) is 2.88. The third-order valence-corrected chi connectivity index (χ3v) is 4.58. The van der Waals surface area contributed by atoms with Gasteiger partial charge in [0.2, 0.25) is 0 Å². The predicted molar refractivity (Wildman–Crippen MR) is 66.3 cm³/mol. The largest absolute Gasteiger partial charge is 0.370 e. The minimum absolute atomic E-state index is 0.433. The summed E-state index contributed by atoms with van der Waals surface area (Å²) in [5, 5.41) is 3.41. The maximum atomic E-state index is 4.35. The summed E-state index contributed by atoms with van der Waals surface area (Å²) in [6, 6.07) is 1.93. The molecular formula is C13H21N3. The zero-order valence-electron chi connectivity index (χ0n) is 10.8. The summed E-state index contributed by atoms with van der Waals surface area (Å²) in [4.78, 5) is 8.43. The van der Waals surface area contributed by atoms with Crippen molar-refractivity contribution in [1.82, 2.24) is 9.97 Å². The number of rotatable bonds is 3. The maximum Gasteiger partial charge on any atom is 0.129 e. The van der Waals surface area contributed by atoms with E-state index in [-0.39, 0.29) is 0 Å². The van der Waals surface area contributed by atoms with E-state index >= 15 is 0 Å². The molecule has 1 aromatic heterocycles. The fourth-order valence-corrected chi connectivity index (χ4v) is 2.60. The van der Waals surface area contributed by atoms with Gasteiger partial charge in [0.25, 0.3) is 0 Å². The molecule has 1 aliphatic carbocycles. The van der Waals surface area contributed by atoms with Gasteiger partial charge in [0.1, 0.15) is 11.6 Å². The van der Waals surface area contributed by atoms with Gasteiger partial charge in [-0.05, 0) is 29.7 Å². The molecular weight excluding hydrogens is 198 g/mol. The Hall–Kier alpha value is -1.12. The molecule has 0 atom stereocenters. The number of anilines is 1. The van der Waals surface area contributed by atoms with Crippen LogP contribution in [0.5, 0.6) is 0 Å². The summed E-state index contributed by atoms with van der Waals surface area (Å²) in [6.45, 7) is 12.3. The highest BCUT2D eigenvalue weighted by Gasteiger charge is 2.64.